The van der Waals surface area contributed by atoms with E-state index in [0.29, 0.717) is 11.3 Å². The van der Waals surface area contributed by atoms with Crippen LogP contribution in [0, 0.1) is 13.8 Å². The third-order valence-corrected chi connectivity index (χ3v) is 3.09. The fourth-order valence-electron chi connectivity index (χ4n) is 1.91. The molecule has 1 aromatic rings. The van der Waals surface area contributed by atoms with Gasteiger partial charge in [-0.25, -0.2) is 8.78 Å². The molecule has 1 unspecified atom stereocenters. The standard InChI is InChI=1S/C14H19F4NO2/c1-8-5-12(20-3)9(2)4-10(8)11(19)6-21-7-14(17,18)13(15)16/h4-5,11,13H,6-7,19H2,1-3H3. The minimum absolute atomic E-state index is 0.269. The lowest BCUT2D eigenvalue weighted by molar-refractivity contribution is -0.166. The molecule has 1 rings (SSSR count). The Morgan fingerprint density at radius 1 is 1.19 bits per heavy atom. The number of hydrogen-bond acceptors (Lipinski definition) is 3. The van der Waals surface area contributed by atoms with Crippen molar-refractivity contribution in [3.63, 3.8) is 0 Å². The van der Waals surface area contributed by atoms with E-state index >= 15 is 0 Å². The van der Waals surface area contributed by atoms with E-state index in [9.17, 15) is 17.6 Å². The zero-order chi connectivity index (χ0) is 16.2. The largest absolute Gasteiger partial charge is 0.496 e. The van der Waals surface area contributed by atoms with Crippen molar-refractivity contribution in [2.75, 3.05) is 20.3 Å². The molecule has 0 radical (unpaired) electrons. The summed E-state index contributed by atoms with van der Waals surface area (Å²) >= 11 is 0. The molecule has 3 nitrogen and oxygen atoms in total. The number of benzene rings is 1. The Morgan fingerprint density at radius 2 is 1.81 bits per heavy atom. The van der Waals surface area contributed by atoms with Gasteiger partial charge >= 0.3 is 12.3 Å². The highest BCUT2D eigenvalue weighted by Crippen LogP contribution is 2.27. The summed E-state index contributed by atoms with van der Waals surface area (Å²) in [5.74, 6) is -3.47. The maximum Gasteiger partial charge on any atom is 0.330 e. The van der Waals surface area contributed by atoms with Crippen LogP contribution in [-0.2, 0) is 4.74 Å². The smallest absolute Gasteiger partial charge is 0.330 e. The number of ether oxygens (including phenoxy) is 2. The van der Waals surface area contributed by atoms with Gasteiger partial charge in [-0.1, -0.05) is 6.07 Å². The van der Waals surface area contributed by atoms with Crippen molar-refractivity contribution >= 4 is 0 Å². The van der Waals surface area contributed by atoms with Gasteiger partial charge in [0.1, 0.15) is 12.4 Å². The molecule has 0 heterocycles. The van der Waals surface area contributed by atoms with Crippen molar-refractivity contribution in [3.8, 4) is 5.75 Å². The van der Waals surface area contributed by atoms with Crippen LogP contribution in [-0.4, -0.2) is 32.7 Å². The van der Waals surface area contributed by atoms with E-state index in [2.05, 4.69) is 4.74 Å². The average molecular weight is 309 g/mol. The van der Waals surface area contributed by atoms with E-state index in [0.717, 1.165) is 11.1 Å². The summed E-state index contributed by atoms with van der Waals surface area (Å²) in [5.41, 5.74) is 8.22. The summed E-state index contributed by atoms with van der Waals surface area (Å²) in [4.78, 5) is 0. The SMILES string of the molecule is COc1cc(C)c(C(N)COCC(F)(F)C(F)F)cc1C. The highest BCUT2D eigenvalue weighted by molar-refractivity contribution is 5.42. The van der Waals surface area contributed by atoms with Crippen molar-refractivity contribution in [2.24, 2.45) is 5.73 Å². The van der Waals surface area contributed by atoms with Gasteiger partial charge in [-0.2, -0.15) is 8.78 Å². The lowest BCUT2D eigenvalue weighted by Crippen LogP contribution is -2.33. The first-order chi connectivity index (χ1) is 9.69. The van der Waals surface area contributed by atoms with Crippen LogP contribution < -0.4 is 10.5 Å². The van der Waals surface area contributed by atoms with E-state index < -0.39 is 25.0 Å². The summed E-state index contributed by atoms with van der Waals surface area (Å²) in [7, 11) is 1.54. The molecule has 1 atom stereocenters. The second kappa shape index (κ2) is 7.09. The van der Waals surface area contributed by atoms with Gasteiger partial charge in [0.25, 0.3) is 0 Å². The molecule has 0 aliphatic rings. The van der Waals surface area contributed by atoms with Crippen molar-refractivity contribution in [1.29, 1.82) is 0 Å². The summed E-state index contributed by atoms with van der Waals surface area (Å²) in [6.45, 7) is 1.99. The first-order valence-corrected chi connectivity index (χ1v) is 6.33. The molecule has 0 saturated carbocycles. The maximum absolute atomic E-state index is 12.7. The predicted octanol–water partition coefficient (Wildman–Crippen LogP) is 3.23. The van der Waals surface area contributed by atoms with Crippen LogP contribution in [0.1, 0.15) is 22.7 Å². The maximum atomic E-state index is 12.7. The van der Waals surface area contributed by atoms with Gasteiger partial charge in [-0.15, -0.1) is 0 Å². The Balaban J connectivity index is 2.68. The van der Waals surface area contributed by atoms with Gasteiger partial charge in [0.2, 0.25) is 0 Å². The lowest BCUT2D eigenvalue weighted by atomic mass is 9.99. The minimum Gasteiger partial charge on any atom is -0.496 e. The quantitative estimate of drug-likeness (QED) is 0.787. The summed E-state index contributed by atoms with van der Waals surface area (Å²) in [6, 6.07) is 2.87. The molecule has 21 heavy (non-hydrogen) atoms. The number of nitrogens with two attached hydrogens (primary N) is 1. The lowest BCUT2D eigenvalue weighted by Gasteiger charge is -2.20. The van der Waals surface area contributed by atoms with Crippen LogP contribution in [0.25, 0.3) is 0 Å². The van der Waals surface area contributed by atoms with Gasteiger partial charge in [-0.3, -0.25) is 0 Å². The molecular formula is C14H19F4NO2. The predicted molar refractivity (Wildman–Crippen MR) is 71.2 cm³/mol. The van der Waals surface area contributed by atoms with Gasteiger partial charge < -0.3 is 15.2 Å². The number of aryl methyl sites for hydroxylation is 2. The van der Waals surface area contributed by atoms with Gasteiger partial charge in [0.15, 0.2) is 0 Å². The molecule has 0 aliphatic carbocycles. The molecule has 0 amide bonds. The van der Waals surface area contributed by atoms with E-state index in [1.54, 1.807) is 19.1 Å². The zero-order valence-electron chi connectivity index (χ0n) is 12.1. The fourth-order valence-corrected chi connectivity index (χ4v) is 1.91. The molecule has 0 aromatic heterocycles. The van der Waals surface area contributed by atoms with E-state index in [4.69, 9.17) is 10.5 Å². The second-order valence-electron chi connectivity index (χ2n) is 4.86. The Kier molecular flexibility index (Phi) is 5.98. The van der Waals surface area contributed by atoms with E-state index in [1.165, 1.54) is 7.11 Å². The molecule has 0 saturated heterocycles. The highest BCUT2D eigenvalue weighted by Gasteiger charge is 2.41. The van der Waals surface area contributed by atoms with Crippen LogP contribution in [0.4, 0.5) is 17.6 Å². The number of methoxy groups -OCH3 is 1. The van der Waals surface area contributed by atoms with Crippen LogP contribution >= 0.6 is 0 Å². The third-order valence-electron chi connectivity index (χ3n) is 3.09. The van der Waals surface area contributed by atoms with Crippen molar-refractivity contribution in [1.82, 2.24) is 0 Å². The van der Waals surface area contributed by atoms with Gasteiger partial charge in [0, 0.05) is 0 Å². The monoisotopic (exact) mass is 309 g/mol. The highest BCUT2D eigenvalue weighted by atomic mass is 19.3. The number of rotatable bonds is 7. The molecule has 0 spiro atoms. The number of halogens is 4. The van der Waals surface area contributed by atoms with E-state index in [1.807, 2.05) is 6.92 Å². The topological polar surface area (TPSA) is 44.5 Å². The molecule has 0 aliphatic heterocycles. The third kappa shape index (κ3) is 4.57. The number of alkyl halides is 4. The Hall–Kier alpha value is -1.34. The summed E-state index contributed by atoms with van der Waals surface area (Å²) in [5, 5.41) is 0. The fraction of sp³-hybridized carbons (Fsp3) is 0.571. The molecule has 0 bridgehead atoms. The van der Waals surface area contributed by atoms with Crippen LogP contribution in [0.3, 0.4) is 0 Å². The van der Waals surface area contributed by atoms with Crippen LogP contribution in [0.2, 0.25) is 0 Å². The molecule has 1 aromatic carbocycles. The first kappa shape index (κ1) is 17.7. The average Bonchev–Trinajstić information content (AvgIpc) is 2.40. The van der Waals surface area contributed by atoms with E-state index in [-0.39, 0.29) is 6.61 Å². The summed E-state index contributed by atoms with van der Waals surface area (Å²) < 4.78 is 59.2. The Labute approximate surface area is 121 Å². The minimum atomic E-state index is -4.16. The van der Waals surface area contributed by atoms with Gasteiger partial charge in [-0.05, 0) is 36.6 Å². The van der Waals surface area contributed by atoms with Crippen LogP contribution in [0.15, 0.2) is 12.1 Å². The molecule has 0 fully saturated rings. The molecule has 2 N–H and O–H groups in total. The summed E-state index contributed by atoms with van der Waals surface area (Å²) in [6.07, 6.45) is -3.75. The number of hydrogen-bond donors (Lipinski definition) is 1. The van der Waals surface area contributed by atoms with Crippen molar-refractivity contribution in [3.05, 3.63) is 28.8 Å². The Bertz CT molecular complexity index is 480. The molecule has 7 heteroatoms. The second-order valence-corrected chi connectivity index (χ2v) is 4.86. The zero-order valence-corrected chi connectivity index (χ0v) is 12.1. The van der Waals surface area contributed by atoms with Crippen LogP contribution in [0.5, 0.6) is 5.75 Å². The van der Waals surface area contributed by atoms with Crippen molar-refractivity contribution in [2.45, 2.75) is 32.2 Å². The normalized spacial score (nSPS) is 13.6. The van der Waals surface area contributed by atoms with Gasteiger partial charge in [0.05, 0.1) is 19.8 Å². The Morgan fingerprint density at radius 3 is 2.33 bits per heavy atom. The first-order valence-electron chi connectivity index (χ1n) is 6.33. The molecule has 120 valence electrons. The van der Waals surface area contributed by atoms with Crippen molar-refractivity contribution < 1.29 is 27.0 Å². The molecular weight excluding hydrogens is 290 g/mol.